The van der Waals surface area contributed by atoms with Gasteiger partial charge in [-0.1, -0.05) is 48.9 Å². The highest BCUT2D eigenvalue weighted by Crippen LogP contribution is 2.23. The van der Waals surface area contributed by atoms with Crippen LogP contribution in [0.15, 0.2) is 53.4 Å². The van der Waals surface area contributed by atoms with E-state index in [1.165, 1.54) is 16.0 Å². The van der Waals surface area contributed by atoms with Gasteiger partial charge in [0.1, 0.15) is 0 Å². The third-order valence-corrected chi connectivity index (χ3v) is 4.02. The summed E-state index contributed by atoms with van der Waals surface area (Å²) in [4.78, 5) is 1.26. The Bertz CT molecular complexity index is 502. The zero-order valence-corrected chi connectivity index (χ0v) is 12.3. The molecule has 0 fully saturated rings. The van der Waals surface area contributed by atoms with Crippen LogP contribution in [0.25, 0.3) is 0 Å². The highest BCUT2D eigenvalue weighted by Gasteiger charge is 2.08. The van der Waals surface area contributed by atoms with E-state index in [4.69, 9.17) is 0 Å². The molecule has 0 aliphatic carbocycles. The molecular weight excluding hydrogens is 252 g/mol. The molecule has 0 radical (unpaired) electrons. The molecule has 19 heavy (non-hydrogen) atoms. The molecule has 0 aliphatic rings. The Kier molecular flexibility index (Phi) is 5.06. The van der Waals surface area contributed by atoms with Crippen molar-refractivity contribution in [3.8, 4) is 0 Å². The number of rotatable bonds is 5. The normalized spacial score (nSPS) is 12.4. The van der Waals surface area contributed by atoms with E-state index in [2.05, 4.69) is 50.2 Å². The van der Waals surface area contributed by atoms with Crippen molar-refractivity contribution in [3.05, 3.63) is 65.2 Å². The van der Waals surface area contributed by atoms with E-state index in [0.29, 0.717) is 6.42 Å². The monoisotopic (exact) mass is 272 g/mol. The smallest absolute Gasteiger partial charge is 0.0830 e. The van der Waals surface area contributed by atoms with Crippen molar-refractivity contribution in [2.75, 3.05) is 5.75 Å². The van der Waals surface area contributed by atoms with E-state index in [-0.39, 0.29) is 0 Å². The fourth-order valence-corrected chi connectivity index (χ4v) is 2.68. The summed E-state index contributed by atoms with van der Waals surface area (Å²) >= 11 is 1.82. The van der Waals surface area contributed by atoms with Gasteiger partial charge in [-0.25, -0.2) is 0 Å². The van der Waals surface area contributed by atoms with Crippen molar-refractivity contribution in [2.24, 2.45) is 0 Å². The maximum absolute atomic E-state index is 10.3. The van der Waals surface area contributed by atoms with E-state index in [0.717, 1.165) is 11.3 Å². The molecule has 1 unspecified atom stereocenters. The quantitative estimate of drug-likeness (QED) is 0.815. The number of thioether (sulfide) groups is 1. The molecule has 2 heteroatoms. The van der Waals surface area contributed by atoms with Crippen LogP contribution in [0, 0.1) is 6.92 Å². The van der Waals surface area contributed by atoms with Gasteiger partial charge < -0.3 is 5.11 Å². The molecule has 2 aromatic rings. The van der Waals surface area contributed by atoms with E-state index >= 15 is 0 Å². The van der Waals surface area contributed by atoms with Gasteiger partial charge >= 0.3 is 0 Å². The molecule has 2 aromatic carbocycles. The van der Waals surface area contributed by atoms with Crippen molar-refractivity contribution >= 4 is 11.8 Å². The topological polar surface area (TPSA) is 20.2 Å². The van der Waals surface area contributed by atoms with Crippen LogP contribution in [0.1, 0.15) is 29.7 Å². The number of hydrogen-bond acceptors (Lipinski definition) is 2. The van der Waals surface area contributed by atoms with Crippen LogP contribution >= 0.6 is 11.8 Å². The number of aliphatic hydroxyl groups is 1. The summed E-state index contributed by atoms with van der Waals surface area (Å²) in [6, 6.07) is 16.6. The fraction of sp³-hybridized carbons (Fsp3) is 0.294. The number of benzene rings is 2. The average molecular weight is 272 g/mol. The molecule has 0 aromatic heterocycles. The van der Waals surface area contributed by atoms with Gasteiger partial charge in [0.25, 0.3) is 0 Å². The van der Waals surface area contributed by atoms with Crippen molar-refractivity contribution in [2.45, 2.75) is 31.3 Å². The Hall–Kier alpha value is -1.25. The van der Waals surface area contributed by atoms with Crippen LogP contribution in [0.3, 0.4) is 0 Å². The van der Waals surface area contributed by atoms with Crippen LogP contribution in [0.5, 0.6) is 0 Å². The molecule has 0 spiro atoms. The van der Waals surface area contributed by atoms with Crippen molar-refractivity contribution in [1.29, 1.82) is 0 Å². The van der Waals surface area contributed by atoms with Gasteiger partial charge in [-0.2, -0.15) is 0 Å². The Morgan fingerprint density at radius 1 is 1.00 bits per heavy atom. The minimum absolute atomic E-state index is 0.427. The Morgan fingerprint density at radius 2 is 1.63 bits per heavy atom. The molecule has 0 saturated heterocycles. The van der Waals surface area contributed by atoms with Gasteiger partial charge in [-0.15, -0.1) is 11.8 Å². The number of hydrogen-bond donors (Lipinski definition) is 1. The SMILES string of the molecule is CCSc1ccc(C(O)Cc2ccc(C)cc2)cc1. The number of aliphatic hydroxyl groups excluding tert-OH is 1. The first-order chi connectivity index (χ1) is 9.19. The van der Waals surface area contributed by atoms with Crippen molar-refractivity contribution in [3.63, 3.8) is 0 Å². The van der Waals surface area contributed by atoms with Crippen molar-refractivity contribution in [1.82, 2.24) is 0 Å². The second-order valence-corrected chi connectivity index (χ2v) is 6.04. The molecule has 2 rings (SSSR count). The highest BCUT2D eigenvalue weighted by atomic mass is 32.2. The summed E-state index contributed by atoms with van der Waals surface area (Å²) < 4.78 is 0. The molecule has 1 nitrogen and oxygen atoms in total. The van der Waals surface area contributed by atoms with Crippen LogP contribution in [-0.4, -0.2) is 10.9 Å². The standard InChI is InChI=1S/C17H20OS/c1-3-19-16-10-8-15(9-11-16)17(18)12-14-6-4-13(2)5-7-14/h4-11,17-18H,3,12H2,1-2H3. The van der Waals surface area contributed by atoms with Gasteiger partial charge in [0.15, 0.2) is 0 Å². The number of aryl methyl sites for hydroxylation is 1. The first kappa shape index (κ1) is 14.2. The van der Waals surface area contributed by atoms with Gasteiger partial charge in [-0.3, -0.25) is 0 Å². The first-order valence-corrected chi connectivity index (χ1v) is 7.64. The molecular formula is C17H20OS. The zero-order valence-electron chi connectivity index (χ0n) is 11.5. The van der Waals surface area contributed by atoms with E-state index in [1.807, 2.05) is 23.9 Å². The molecule has 0 bridgehead atoms. The fourth-order valence-electron chi connectivity index (χ4n) is 2.02. The maximum Gasteiger partial charge on any atom is 0.0830 e. The highest BCUT2D eigenvalue weighted by molar-refractivity contribution is 7.99. The van der Waals surface area contributed by atoms with Gasteiger partial charge in [0, 0.05) is 11.3 Å². The summed E-state index contributed by atoms with van der Waals surface area (Å²) in [5, 5.41) is 10.3. The van der Waals surface area contributed by atoms with Gasteiger partial charge in [-0.05, 0) is 35.9 Å². The average Bonchev–Trinajstić information content (AvgIpc) is 2.42. The van der Waals surface area contributed by atoms with E-state index < -0.39 is 6.10 Å². The second kappa shape index (κ2) is 6.78. The van der Waals surface area contributed by atoms with Crippen LogP contribution in [0.4, 0.5) is 0 Å². The summed E-state index contributed by atoms with van der Waals surface area (Å²) in [6.45, 7) is 4.22. The predicted octanol–water partition coefficient (Wildman–Crippen LogP) is 4.38. The molecule has 100 valence electrons. The summed E-state index contributed by atoms with van der Waals surface area (Å²) in [5.41, 5.74) is 3.41. The summed E-state index contributed by atoms with van der Waals surface area (Å²) in [7, 11) is 0. The van der Waals surface area contributed by atoms with Crippen LogP contribution in [-0.2, 0) is 6.42 Å². The minimum atomic E-state index is -0.427. The lowest BCUT2D eigenvalue weighted by molar-refractivity contribution is 0.178. The van der Waals surface area contributed by atoms with Gasteiger partial charge in [0.05, 0.1) is 6.10 Å². The van der Waals surface area contributed by atoms with Gasteiger partial charge in [0.2, 0.25) is 0 Å². The van der Waals surface area contributed by atoms with E-state index in [9.17, 15) is 5.11 Å². The lowest BCUT2D eigenvalue weighted by Crippen LogP contribution is -2.01. The summed E-state index contributed by atoms with van der Waals surface area (Å²) in [6.07, 6.45) is 0.240. The Balaban J connectivity index is 2.02. The molecule has 0 aliphatic heterocycles. The van der Waals surface area contributed by atoms with Crippen molar-refractivity contribution < 1.29 is 5.11 Å². The molecule has 1 N–H and O–H groups in total. The zero-order chi connectivity index (χ0) is 13.7. The Morgan fingerprint density at radius 3 is 2.21 bits per heavy atom. The van der Waals surface area contributed by atoms with Crippen LogP contribution < -0.4 is 0 Å². The molecule has 0 heterocycles. The second-order valence-electron chi connectivity index (χ2n) is 4.71. The Labute approximate surface area is 119 Å². The maximum atomic E-state index is 10.3. The minimum Gasteiger partial charge on any atom is -0.388 e. The summed E-state index contributed by atoms with van der Waals surface area (Å²) in [5.74, 6) is 1.07. The first-order valence-electron chi connectivity index (χ1n) is 6.65. The van der Waals surface area contributed by atoms with Crippen LogP contribution in [0.2, 0.25) is 0 Å². The molecule has 0 saturated carbocycles. The molecule has 0 amide bonds. The van der Waals surface area contributed by atoms with E-state index in [1.54, 1.807) is 0 Å². The predicted molar refractivity (Wildman–Crippen MR) is 82.7 cm³/mol. The third kappa shape index (κ3) is 4.12. The lowest BCUT2D eigenvalue weighted by Gasteiger charge is -2.12. The lowest BCUT2D eigenvalue weighted by atomic mass is 10.0. The third-order valence-electron chi connectivity index (χ3n) is 3.13. The molecule has 1 atom stereocenters. The largest absolute Gasteiger partial charge is 0.388 e.